The summed E-state index contributed by atoms with van der Waals surface area (Å²) in [5, 5.41) is 0. The fourth-order valence-corrected chi connectivity index (χ4v) is 3.71. The number of rotatable bonds is 7. The predicted octanol–water partition coefficient (Wildman–Crippen LogP) is 2.90. The fraction of sp³-hybridized carbons (Fsp3) is 0.476. The number of piperazine rings is 1. The molecule has 0 N–H and O–H groups in total. The summed E-state index contributed by atoms with van der Waals surface area (Å²) in [6.07, 6.45) is 0. The molecule has 1 aromatic heterocycles. The molecule has 1 aromatic carbocycles. The van der Waals surface area contributed by atoms with Crippen LogP contribution in [0.4, 0.5) is 10.1 Å². The Kier molecular flexibility index (Phi) is 6.29. The van der Waals surface area contributed by atoms with Crippen molar-refractivity contribution in [1.82, 2.24) is 9.47 Å². The fourth-order valence-electron chi connectivity index (χ4n) is 3.71. The van der Waals surface area contributed by atoms with Gasteiger partial charge in [-0.3, -0.25) is 9.69 Å². The molecule has 0 atom stereocenters. The van der Waals surface area contributed by atoms with Gasteiger partial charge in [0.05, 0.1) is 13.2 Å². The van der Waals surface area contributed by atoms with Gasteiger partial charge >= 0.3 is 0 Å². The van der Waals surface area contributed by atoms with Gasteiger partial charge in [0.1, 0.15) is 5.82 Å². The van der Waals surface area contributed by atoms with Gasteiger partial charge < -0.3 is 14.2 Å². The molecule has 1 saturated heterocycles. The highest BCUT2D eigenvalue weighted by atomic mass is 19.1. The summed E-state index contributed by atoms with van der Waals surface area (Å²) in [5.74, 6) is -0.0481. The molecular formula is C21H28FN3O2. The maximum atomic E-state index is 13.1. The average molecular weight is 373 g/mol. The molecule has 0 bridgehead atoms. The van der Waals surface area contributed by atoms with Gasteiger partial charge in [-0.2, -0.15) is 0 Å². The Morgan fingerprint density at radius 3 is 2.41 bits per heavy atom. The molecule has 0 radical (unpaired) electrons. The van der Waals surface area contributed by atoms with E-state index in [-0.39, 0.29) is 11.6 Å². The first-order valence-electron chi connectivity index (χ1n) is 9.41. The summed E-state index contributed by atoms with van der Waals surface area (Å²) in [5.41, 5.74) is 3.95. The Bertz CT molecular complexity index is 777. The Hall–Kier alpha value is -2.18. The van der Waals surface area contributed by atoms with E-state index in [0.29, 0.717) is 13.2 Å². The number of aryl methyl sites for hydroxylation is 1. The van der Waals surface area contributed by atoms with Gasteiger partial charge in [-0.25, -0.2) is 4.39 Å². The number of benzene rings is 1. The second kappa shape index (κ2) is 8.67. The Morgan fingerprint density at radius 2 is 1.78 bits per heavy atom. The highest BCUT2D eigenvalue weighted by Gasteiger charge is 2.22. The lowest BCUT2D eigenvalue weighted by molar-refractivity contribution is 0.0925. The van der Waals surface area contributed by atoms with E-state index in [1.54, 1.807) is 7.11 Å². The van der Waals surface area contributed by atoms with Gasteiger partial charge in [-0.15, -0.1) is 0 Å². The number of halogens is 1. The molecule has 5 nitrogen and oxygen atoms in total. The minimum atomic E-state index is -0.217. The lowest BCUT2D eigenvalue weighted by Crippen LogP contribution is -2.48. The van der Waals surface area contributed by atoms with Crippen LogP contribution in [0.5, 0.6) is 0 Å². The summed E-state index contributed by atoms with van der Waals surface area (Å²) in [7, 11) is 1.69. The molecule has 0 unspecified atom stereocenters. The van der Waals surface area contributed by atoms with Crippen molar-refractivity contribution in [3.63, 3.8) is 0 Å². The number of Topliss-reactive ketones (excluding diaryl/α,β-unsaturated/α-hetero) is 1. The molecule has 0 saturated carbocycles. The van der Waals surface area contributed by atoms with Crippen LogP contribution in [0, 0.1) is 19.7 Å². The van der Waals surface area contributed by atoms with E-state index < -0.39 is 0 Å². The van der Waals surface area contributed by atoms with E-state index in [9.17, 15) is 9.18 Å². The van der Waals surface area contributed by atoms with Crippen molar-refractivity contribution in [3.05, 3.63) is 53.1 Å². The third-order valence-electron chi connectivity index (χ3n) is 5.32. The van der Waals surface area contributed by atoms with Gasteiger partial charge in [0.25, 0.3) is 0 Å². The zero-order chi connectivity index (χ0) is 19.4. The summed E-state index contributed by atoms with van der Waals surface area (Å²) < 4.78 is 20.4. The lowest BCUT2D eigenvalue weighted by Gasteiger charge is -2.35. The number of ketones is 1. The summed E-state index contributed by atoms with van der Waals surface area (Å²) in [6, 6.07) is 8.59. The van der Waals surface area contributed by atoms with E-state index in [1.807, 2.05) is 32.0 Å². The smallest absolute Gasteiger partial charge is 0.178 e. The number of carbonyl (C=O) groups excluding carboxylic acids is 1. The van der Waals surface area contributed by atoms with Gasteiger partial charge in [0.15, 0.2) is 5.78 Å². The molecule has 2 aromatic rings. The number of ether oxygens (including phenoxy) is 1. The molecule has 3 rings (SSSR count). The van der Waals surface area contributed by atoms with Crippen molar-refractivity contribution in [2.24, 2.45) is 0 Å². The van der Waals surface area contributed by atoms with Crippen LogP contribution in [0.2, 0.25) is 0 Å². The zero-order valence-corrected chi connectivity index (χ0v) is 16.4. The quantitative estimate of drug-likeness (QED) is 0.700. The van der Waals surface area contributed by atoms with E-state index in [4.69, 9.17) is 4.74 Å². The van der Waals surface area contributed by atoms with Crippen LogP contribution in [-0.4, -0.2) is 61.7 Å². The van der Waals surface area contributed by atoms with Crippen molar-refractivity contribution < 1.29 is 13.9 Å². The van der Waals surface area contributed by atoms with Crippen molar-refractivity contribution in [2.75, 3.05) is 51.3 Å². The first-order valence-corrected chi connectivity index (χ1v) is 9.41. The number of aromatic nitrogens is 1. The van der Waals surface area contributed by atoms with Crippen LogP contribution in [0.1, 0.15) is 21.7 Å². The molecule has 1 aliphatic rings. The largest absolute Gasteiger partial charge is 0.383 e. The van der Waals surface area contributed by atoms with Crippen LogP contribution in [0.15, 0.2) is 30.3 Å². The third-order valence-corrected chi connectivity index (χ3v) is 5.32. The number of anilines is 1. The SMILES string of the molecule is COCCn1c(C)cc(C(=O)CN2CCN(c3ccc(F)cc3)CC2)c1C. The van der Waals surface area contributed by atoms with Crippen molar-refractivity contribution in [2.45, 2.75) is 20.4 Å². The number of nitrogens with zero attached hydrogens (tertiary/aromatic N) is 3. The molecule has 1 fully saturated rings. The minimum Gasteiger partial charge on any atom is -0.383 e. The first-order chi connectivity index (χ1) is 13.0. The second-order valence-corrected chi connectivity index (χ2v) is 7.09. The molecule has 6 heteroatoms. The Balaban J connectivity index is 1.57. The standard InChI is InChI=1S/C21H28FN3O2/c1-16-14-20(17(2)25(16)12-13-27-3)21(26)15-23-8-10-24(11-9-23)19-6-4-18(22)5-7-19/h4-7,14H,8-13,15H2,1-3H3. The van der Waals surface area contributed by atoms with Gasteiger partial charge in [-0.05, 0) is 44.2 Å². The molecular weight excluding hydrogens is 345 g/mol. The highest BCUT2D eigenvalue weighted by molar-refractivity contribution is 5.99. The Labute approximate surface area is 160 Å². The molecule has 0 amide bonds. The molecule has 0 spiro atoms. The van der Waals surface area contributed by atoms with Crippen LogP contribution in [-0.2, 0) is 11.3 Å². The van der Waals surface area contributed by atoms with Crippen LogP contribution in [0.3, 0.4) is 0 Å². The highest BCUT2D eigenvalue weighted by Crippen LogP contribution is 2.19. The number of hydrogen-bond donors (Lipinski definition) is 0. The molecule has 27 heavy (non-hydrogen) atoms. The average Bonchev–Trinajstić information content (AvgIpc) is 2.95. The minimum absolute atomic E-state index is 0.169. The predicted molar refractivity (Wildman–Crippen MR) is 105 cm³/mol. The molecule has 2 heterocycles. The third kappa shape index (κ3) is 4.57. The van der Waals surface area contributed by atoms with Crippen LogP contribution in [0.25, 0.3) is 0 Å². The summed E-state index contributed by atoms with van der Waals surface area (Å²) in [6.45, 7) is 9.19. The zero-order valence-electron chi connectivity index (χ0n) is 16.4. The number of hydrogen-bond acceptors (Lipinski definition) is 4. The first kappa shape index (κ1) is 19.6. The van der Waals surface area contributed by atoms with Crippen molar-refractivity contribution in [1.29, 1.82) is 0 Å². The molecule has 146 valence electrons. The number of methoxy groups -OCH3 is 1. The summed E-state index contributed by atoms with van der Waals surface area (Å²) >= 11 is 0. The lowest BCUT2D eigenvalue weighted by atomic mass is 10.1. The van der Waals surface area contributed by atoms with Crippen LogP contribution >= 0.6 is 0 Å². The van der Waals surface area contributed by atoms with Gasteiger partial charge in [-0.1, -0.05) is 0 Å². The van der Waals surface area contributed by atoms with Crippen molar-refractivity contribution >= 4 is 11.5 Å². The van der Waals surface area contributed by atoms with E-state index in [0.717, 1.165) is 55.4 Å². The second-order valence-electron chi connectivity index (χ2n) is 7.09. The monoisotopic (exact) mass is 373 g/mol. The topological polar surface area (TPSA) is 37.7 Å². The molecule has 0 aliphatic carbocycles. The number of carbonyl (C=O) groups is 1. The maximum absolute atomic E-state index is 13.1. The van der Waals surface area contributed by atoms with E-state index in [1.165, 1.54) is 12.1 Å². The van der Waals surface area contributed by atoms with Crippen molar-refractivity contribution in [3.8, 4) is 0 Å². The maximum Gasteiger partial charge on any atom is 0.178 e. The van der Waals surface area contributed by atoms with Gasteiger partial charge in [0, 0.05) is 62.5 Å². The Morgan fingerprint density at radius 1 is 1.11 bits per heavy atom. The van der Waals surface area contributed by atoms with Crippen LogP contribution < -0.4 is 4.90 Å². The van der Waals surface area contributed by atoms with Gasteiger partial charge in [0.2, 0.25) is 0 Å². The van der Waals surface area contributed by atoms with E-state index >= 15 is 0 Å². The normalized spacial score (nSPS) is 15.3. The summed E-state index contributed by atoms with van der Waals surface area (Å²) in [4.78, 5) is 17.3. The molecule has 1 aliphatic heterocycles. The van der Waals surface area contributed by atoms with E-state index in [2.05, 4.69) is 14.4 Å².